The van der Waals surface area contributed by atoms with Crippen LogP contribution in [0.5, 0.6) is 11.5 Å². The Hall–Kier alpha value is -4.75. The van der Waals surface area contributed by atoms with Gasteiger partial charge in [0, 0.05) is 12.0 Å². The molecule has 0 fully saturated rings. The van der Waals surface area contributed by atoms with Gasteiger partial charge in [0.25, 0.3) is 5.91 Å². The highest BCUT2D eigenvalue weighted by atomic mass is 16.6. The highest BCUT2D eigenvalue weighted by Crippen LogP contribution is 2.27. The number of benzene rings is 2. The van der Waals surface area contributed by atoms with Crippen LogP contribution in [0.1, 0.15) is 43.1 Å². The van der Waals surface area contributed by atoms with Gasteiger partial charge in [-0.15, -0.1) is 0 Å². The number of para-hydroxylation sites is 2. The molecule has 2 amide bonds. The minimum absolute atomic E-state index is 0.0840. The molecule has 0 unspecified atom stereocenters. The number of ether oxygens (including phenoxy) is 2. The first-order valence-corrected chi connectivity index (χ1v) is 12.7. The molecule has 2 aromatic heterocycles. The van der Waals surface area contributed by atoms with Crippen molar-refractivity contribution in [2.45, 2.75) is 32.6 Å². The predicted octanol–water partition coefficient (Wildman–Crippen LogP) is 2.91. The molecule has 40 heavy (non-hydrogen) atoms. The van der Waals surface area contributed by atoms with Gasteiger partial charge in [-0.05, 0) is 56.2 Å². The molecule has 0 aliphatic heterocycles. The van der Waals surface area contributed by atoms with Crippen LogP contribution in [0.25, 0.3) is 28.2 Å². The van der Waals surface area contributed by atoms with E-state index in [0.29, 0.717) is 48.6 Å². The maximum atomic E-state index is 13.2. The van der Waals surface area contributed by atoms with Crippen molar-refractivity contribution in [2.24, 2.45) is 0 Å². The Kier molecular flexibility index (Phi) is 9.44. The molecule has 2 aromatic carbocycles. The summed E-state index contributed by atoms with van der Waals surface area (Å²) < 4.78 is 12.3. The number of unbranched alkanes of at least 4 members (excludes halogenated alkanes) is 2. The van der Waals surface area contributed by atoms with Crippen LogP contribution in [-0.2, 0) is 9.63 Å². The van der Waals surface area contributed by atoms with Crippen molar-refractivity contribution in [1.82, 2.24) is 30.5 Å². The lowest BCUT2D eigenvalue weighted by Gasteiger charge is -2.11. The van der Waals surface area contributed by atoms with Gasteiger partial charge in [-0.1, -0.05) is 18.6 Å². The largest absolute Gasteiger partial charge is 0.495 e. The molecular weight excluding hydrogens is 520 g/mol. The summed E-state index contributed by atoms with van der Waals surface area (Å²) in [6, 6.07) is 14.0. The molecule has 13 nitrogen and oxygen atoms in total. The first-order valence-electron chi connectivity index (χ1n) is 12.7. The van der Waals surface area contributed by atoms with Crippen LogP contribution < -0.4 is 26.1 Å². The molecule has 0 saturated heterocycles. The quantitative estimate of drug-likeness (QED) is 0.111. The number of hydrogen-bond donors (Lipinski definition) is 4. The summed E-state index contributed by atoms with van der Waals surface area (Å²) in [5.41, 5.74) is 4.69. The maximum absolute atomic E-state index is 13.2. The van der Waals surface area contributed by atoms with Crippen molar-refractivity contribution in [1.29, 1.82) is 0 Å². The van der Waals surface area contributed by atoms with Gasteiger partial charge >= 0.3 is 5.69 Å². The zero-order valence-corrected chi connectivity index (χ0v) is 22.1. The number of nitrogens with zero attached hydrogens (tertiary/aromatic N) is 3. The number of aromatic nitrogens is 4. The van der Waals surface area contributed by atoms with E-state index in [4.69, 9.17) is 19.5 Å². The van der Waals surface area contributed by atoms with Crippen molar-refractivity contribution in [3.05, 3.63) is 64.7 Å². The third-order valence-electron chi connectivity index (χ3n) is 5.94. The predicted molar refractivity (Wildman–Crippen MR) is 144 cm³/mol. The van der Waals surface area contributed by atoms with Crippen molar-refractivity contribution >= 4 is 23.0 Å². The second-order valence-corrected chi connectivity index (χ2v) is 8.61. The van der Waals surface area contributed by atoms with Crippen LogP contribution >= 0.6 is 0 Å². The van der Waals surface area contributed by atoms with Crippen molar-refractivity contribution in [2.75, 3.05) is 20.3 Å². The summed E-state index contributed by atoms with van der Waals surface area (Å²) in [7, 11) is 1.50. The lowest BCUT2D eigenvalue weighted by atomic mass is 10.2. The minimum atomic E-state index is -0.673. The molecule has 0 saturated carbocycles. The Labute approximate surface area is 229 Å². The fourth-order valence-electron chi connectivity index (χ4n) is 4.04. The summed E-state index contributed by atoms with van der Waals surface area (Å²) in [5.74, 6) is 0.193. The van der Waals surface area contributed by atoms with Crippen LogP contribution in [0.4, 0.5) is 0 Å². The lowest BCUT2D eigenvalue weighted by molar-refractivity contribution is -0.129. The third-order valence-corrected chi connectivity index (χ3v) is 5.94. The Bertz CT molecular complexity index is 1530. The Balaban J connectivity index is 1.66. The topological polar surface area (TPSA) is 170 Å². The van der Waals surface area contributed by atoms with Crippen LogP contribution in [0.2, 0.25) is 0 Å². The van der Waals surface area contributed by atoms with Crippen LogP contribution in [0, 0.1) is 0 Å². The number of hydrogen-bond acceptors (Lipinski definition) is 9. The number of amides is 2. The summed E-state index contributed by atoms with van der Waals surface area (Å²) in [6.45, 7) is 2.58. The molecule has 4 rings (SSSR count). The SMILES string of the molecule is CCOc1ccc(-c2nc(C(=O)NOCCCCCC(=O)NO)c3[nH]c(=O)n(-c4ccccc4OC)c3n2)cc1. The number of carbonyl (C=O) groups is 2. The molecule has 0 radical (unpaired) electrons. The Morgan fingerprint density at radius 3 is 2.55 bits per heavy atom. The fourth-order valence-corrected chi connectivity index (χ4v) is 4.04. The highest BCUT2D eigenvalue weighted by molar-refractivity contribution is 6.02. The first-order chi connectivity index (χ1) is 19.5. The van der Waals surface area contributed by atoms with E-state index in [2.05, 4.69) is 20.4 Å². The molecule has 2 heterocycles. The van der Waals surface area contributed by atoms with E-state index >= 15 is 0 Å². The van der Waals surface area contributed by atoms with E-state index in [-0.39, 0.29) is 35.7 Å². The number of methoxy groups -OCH3 is 1. The molecule has 0 aliphatic carbocycles. The number of fused-ring (bicyclic) bond motifs is 1. The third kappa shape index (κ3) is 6.45. The van der Waals surface area contributed by atoms with Crippen molar-refractivity contribution < 1.29 is 29.1 Å². The van der Waals surface area contributed by atoms with Gasteiger partial charge in [0.05, 0.1) is 26.0 Å². The molecule has 0 spiro atoms. The lowest BCUT2D eigenvalue weighted by Crippen LogP contribution is -2.26. The van der Waals surface area contributed by atoms with E-state index in [1.54, 1.807) is 54.0 Å². The summed E-state index contributed by atoms with van der Waals surface area (Å²) in [4.78, 5) is 54.6. The molecule has 0 aliphatic rings. The highest BCUT2D eigenvalue weighted by Gasteiger charge is 2.23. The van der Waals surface area contributed by atoms with Gasteiger partial charge in [-0.3, -0.25) is 19.6 Å². The second-order valence-electron chi connectivity index (χ2n) is 8.61. The fraction of sp³-hybridized carbons (Fsp3) is 0.296. The second kappa shape index (κ2) is 13.4. The van der Waals surface area contributed by atoms with Gasteiger partial charge in [0.1, 0.15) is 17.0 Å². The normalized spacial score (nSPS) is 10.9. The zero-order valence-electron chi connectivity index (χ0n) is 22.1. The van der Waals surface area contributed by atoms with Crippen molar-refractivity contribution in [3.8, 4) is 28.6 Å². The van der Waals surface area contributed by atoms with E-state index in [9.17, 15) is 14.4 Å². The van der Waals surface area contributed by atoms with Gasteiger partial charge < -0.3 is 14.5 Å². The molecule has 0 atom stereocenters. The average molecular weight is 551 g/mol. The van der Waals surface area contributed by atoms with E-state index in [1.165, 1.54) is 11.7 Å². The summed E-state index contributed by atoms with van der Waals surface area (Å²) in [6.07, 6.45) is 1.96. The monoisotopic (exact) mass is 550 g/mol. The standard InChI is InChI=1S/C27H30N6O7/c1-3-39-18-14-12-17(13-15-18)24-28-23(26(35)32-40-16-8-4-5-11-21(34)31-37)22-25(30-24)33(27(36)29-22)19-9-6-7-10-20(19)38-2/h6-7,9-10,12-15,37H,3-5,8,11,16H2,1-2H3,(H,29,36)(H,31,34)(H,32,35). The Morgan fingerprint density at radius 2 is 1.82 bits per heavy atom. The van der Waals surface area contributed by atoms with Crippen LogP contribution in [0.3, 0.4) is 0 Å². The first kappa shape index (κ1) is 28.3. The number of H-pyrrole nitrogens is 1. The van der Waals surface area contributed by atoms with Gasteiger partial charge in [0.15, 0.2) is 17.2 Å². The number of hydroxylamine groups is 2. The number of nitrogens with one attached hydrogen (secondary N) is 3. The van der Waals surface area contributed by atoms with Gasteiger partial charge in [-0.2, -0.15) is 0 Å². The zero-order chi connectivity index (χ0) is 28.5. The minimum Gasteiger partial charge on any atom is -0.495 e. The van der Waals surface area contributed by atoms with E-state index in [1.807, 2.05) is 6.92 Å². The van der Waals surface area contributed by atoms with E-state index < -0.39 is 17.5 Å². The molecule has 0 bridgehead atoms. The molecule has 4 aromatic rings. The van der Waals surface area contributed by atoms with E-state index in [0.717, 1.165) is 0 Å². The Morgan fingerprint density at radius 1 is 1.05 bits per heavy atom. The maximum Gasteiger partial charge on any atom is 0.332 e. The number of imidazole rings is 1. The molecular formula is C27H30N6O7. The molecule has 4 N–H and O–H groups in total. The molecule has 13 heteroatoms. The summed E-state index contributed by atoms with van der Waals surface area (Å²) >= 11 is 0. The summed E-state index contributed by atoms with van der Waals surface area (Å²) in [5, 5.41) is 8.54. The number of carbonyl (C=O) groups excluding carboxylic acids is 2. The smallest absolute Gasteiger partial charge is 0.332 e. The molecule has 210 valence electrons. The number of rotatable bonds is 13. The van der Waals surface area contributed by atoms with Crippen molar-refractivity contribution in [3.63, 3.8) is 0 Å². The van der Waals surface area contributed by atoms with Gasteiger partial charge in [-0.25, -0.2) is 30.3 Å². The van der Waals surface area contributed by atoms with Gasteiger partial charge in [0.2, 0.25) is 5.91 Å². The number of aromatic amines is 1. The average Bonchev–Trinajstić information content (AvgIpc) is 3.31. The van der Waals surface area contributed by atoms with Crippen LogP contribution in [0.15, 0.2) is 53.3 Å². The van der Waals surface area contributed by atoms with Crippen LogP contribution in [-0.4, -0.2) is 56.9 Å².